The van der Waals surface area contributed by atoms with E-state index in [0.717, 1.165) is 0 Å². The normalized spacial score (nSPS) is 14.1. The van der Waals surface area contributed by atoms with Crippen molar-refractivity contribution < 1.29 is 0 Å². The molecule has 0 N–H and O–H groups in total. The first-order valence-corrected chi connectivity index (χ1v) is 11.1. The fraction of sp³-hybridized carbons (Fsp3) is 1.00. The van der Waals surface area contributed by atoms with Crippen molar-refractivity contribution in [3.63, 3.8) is 0 Å². The fourth-order valence-electron chi connectivity index (χ4n) is 0. The maximum absolute atomic E-state index is 3.64. The number of alkyl halides is 3. The topological polar surface area (TPSA) is 0 Å². The molecule has 0 aromatic rings. The van der Waals surface area contributed by atoms with Crippen LogP contribution in [-0.4, -0.2) is 6.36 Å². The van der Waals surface area contributed by atoms with Gasteiger partial charge in [0.2, 0.25) is 0 Å². The van der Waals surface area contributed by atoms with Gasteiger partial charge in [-0.25, -0.2) is 0 Å². The molecule has 0 radical (unpaired) electrons. The molecular formula is C4H9BrI2. The summed E-state index contributed by atoms with van der Waals surface area (Å²) in [6, 6.07) is 0. The van der Waals surface area contributed by atoms with Crippen LogP contribution in [0.25, 0.3) is 0 Å². The van der Waals surface area contributed by atoms with Crippen molar-refractivity contribution in [3.8, 4) is 0 Å². The molecule has 0 saturated carbocycles. The van der Waals surface area contributed by atoms with Crippen molar-refractivity contribution in [2.45, 2.75) is 15.3 Å². The van der Waals surface area contributed by atoms with Gasteiger partial charge in [-0.2, -0.15) is 0 Å². The van der Waals surface area contributed by atoms with Gasteiger partial charge in [-0.15, -0.1) is 0 Å². The van der Waals surface area contributed by atoms with E-state index in [0.29, 0.717) is 1.43 Å². The van der Waals surface area contributed by atoms with Gasteiger partial charge in [-0.3, -0.25) is 0 Å². The molecule has 0 nitrogen and oxygen atoms in total. The van der Waals surface area contributed by atoms with Crippen LogP contribution >= 0.6 is 52.9 Å². The SMILES string of the molecule is CI(Br)C(C)(C)I. The zero-order valence-electron chi connectivity index (χ0n) is 4.63. The minimum atomic E-state index is -0.708. The van der Waals surface area contributed by atoms with Crippen molar-refractivity contribution >= 4 is 52.9 Å². The summed E-state index contributed by atoms with van der Waals surface area (Å²) in [6.45, 7) is 4.54. The summed E-state index contributed by atoms with van der Waals surface area (Å²) >= 11 is 5.43. The van der Waals surface area contributed by atoms with Crippen molar-refractivity contribution in [1.82, 2.24) is 0 Å². The quantitative estimate of drug-likeness (QED) is 0.474. The van der Waals surface area contributed by atoms with E-state index < -0.39 is 17.6 Å². The molecule has 0 aromatic carbocycles. The number of halogens is 3. The second kappa shape index (κ2) is 3.20. The maximum atomic E-state index is 3.64. The average molecular weight is 391 g/mol. The first kappa shape index (κ1) is 8.94. The van der Waals surface area contributed by atoms with E-state index in [9.17, 15) is 0 Å². The monoisotopic (exact) mass is 390 g/mol. The van der Waals surface area contributed by atoms with E-state index in [1.54, 1.807) is 0 Å². The Labute approximate surface area is 72.1 Å². The Bertz CT molecular complexity index is 55.2. The van der Waals surface area contributed by atoms with Crippen LogP contribution in [0.4, 0.5) is 0 Å². The van der Waals surface area contributed by atoms with Gasteiger partial charge < -0.3 is 0 Å². The molecular weight excluding hydrogens is 382 g/mol. The Morgan fingerprint density at radius 2 is 1.71 bits per heavy atom. The van der Waals surface area contributed by atoms with Gasteiger partial charge in [0.05, 0.1) is 0 Å². The summed E-state index contributed by atoms with van der Waals surface area (Å²) < 4.78 is 0.543. The van der Waals surface area contributed by atoms with E-state index in [1.807, 2.05) is 0 Å². The van der Waals surface area contributed by atoms with E-state index in [4.69, 9.17) is 0 Å². The van der Waals surface area contributed by atoms with Crippen LogP contribution in [0.15, 0.2) is 0 Å². The molecule has 0 unspecified atom stereocenters. The van der Waals surface area contributed by atoms with Crippen LogP contribution in [0, 0.1) is 0 Å². The Morgan fingerprint density at radius 3 is 1.71 bits per heavy atom. The van der Waals surface area contributed by atoms with E-state index in [2.05, 4.69) is 54.1 Å². The van der Waals surface area contributed by atoms with Gasteiger partial charge >= 0.3 is 73.1 Å². The van der Waals surface area contributed by atoms with Gasteiger partial charge in [0, 0.05) is 0 Å². The predicted molar refractivity (Wildman–Crippen MR) is 57.0 cm³/mol. The molecule has 0 aliphatic carbocycles. The van der Waals surface area contributed by atoms with Crippen molar-refractivity contribution in [1.29, 1.82) is 0 Å². The molecule has 0 bridgehead atoms. The molecule has 46 valence electrons. The molecule has 0 saturated heterocycles. The third kappa shape index (κ3) is 4.44. The second-order valence-electron chi connectivity index (χ2n) is 1.73. The molecule has 0 atom stereocenters. The summed E-state index contributed by atoms with van der Waals surface area (Å²) in [5, 5.41) is 0. The standard InChI is InChI=1S/C4H9BrI2/c1-4(2,6)7(3)5/h1-3H3. The zero-order chi connectivity index (χ0) is 6.08. The van der Waals surface area contributed by atoms with Crippen molar-refractivity contribution in [2.75, 3.05) is 4.93 Å². The Hall–Kier alpha value is 1.94. The summed E-state index contributed by atoms with van der Waals surface area (Å²) in [7, 11) is 0. The second-order valence-corrected chi connectivity index (χ2v) is 17.5. The molecule has 0 aliphatic rings. The molecule has 0 spiro atoms. The van der Waals surface area contributed by atoms with Crippen LogP contribution in [0.2, 0.25) is 0 Å². The van der Waals surface area contributed by atoms with Gasteiger partial charge in [0.1, 0.15) is 0 Å². The number of rotatable bonds is 1. The Morgan fingerprint density at radius 1 is 1.57 bits per heavy atom. The molecule has 0 fully saturated rings. The van der Waals surface area contributed by atoms with Gasteiger partial charge in [0.25, 0.3) is 0 Å². The van der Waals surface area contributed by atoms with Crippen molar-refractivity contribution in [2.24, 2.45) is 0 Å². The Kier molecular flexibility index (Phi) is 4.08. The number of hydrogen-bond acceptors (Lipinski definition) is 0. The summed E-state index contributed by atoms with van der Waals surface area (Å²) in [5.41, 5.74) is 0. The van der Waals surface area contributed by atoms with Crippen molar-refractivity contribution in [3.05, 3.63) is 0 Å². The van der Waals surface area contributed by atoms with Gasteiger partial charge in [0.15, 0.2) is 0 Å². The fourth-order valence-corrected chi connectivity index (χ4v) is 0. The Balaban J connectivity index is 3.54. The van der Waals surface area contributed by atoms with E-state index in [-0.39, 0.29) is 0 Å². The summed E-state index contributed by atoms with van der Waals surface area (Å²) in [4.78, 5) is 2.32. The van der Waals surface area contributed by atoms with Crippen LogP contribution in [-0.2, 0) is 0 Å². The summed E-state index contributed by atoms with van der Waals surface area (Å²) in [5.74, 6) is 0. The van der Waals surface area contributed by atoms with E-state index in [1.165, 1.54) is 0 Å². The first-order chi connectivity index (χ1) is 2.94. The molecule has 3 heteroatoms. The average Bonchev–Trinajstić information content (AvgIpc) is 1.31. The molecule has 0 heterocycles. The van der Waals surface area contributed by atoms with Crippen LogP contribution < -0.4 is 0 Å². The molecule has 0 rings (SSSR count). The first-order valence-electron chi connectivity index (χ1n) is 1.90. The van der Waals surface area contributed by atoms with Gasteiger partial charge in [-0.05, 0) is 0 Å². The predicted octanol–water partition coefficient (Wildman–Crippen LogP) is 3.60. The summed E-state index contributed by atoms with van der Waals surface area (Å²) in [6.07, 6.45) is 0. The third-order valence-corrected chi connectivity index (χ3v) is 17.0. The molecule has 7 heavy (non-hydrogen) atoms. The zero-order valence-corrected chi connectivity index (χ0v) is 10.5. The van der Waals surface area contributed by atoms with Crippen LogP contribution in [0.5, 0.6) is 0 Å². The number of hydrogen-bond donors (Lipinski definition) is 0. The van der Waals surface area contributed by atoms with E-state index >= 15 is 0 Å². The molecule has 0 aromatic heterocycles. The third-order valence-electron chi connectivity index (χ3n) is 0.619. The van der Waals surface area contributed by atoms with Crippen LogP contribution in [0.3, 0.4) is 0 Å². The molecule has 0 aliphatic heterocycles. The minimum absolute atomic E-state index is 0.543. The van der Waals surface area contributed by atoms with Crippen LogP contribution in [0.1, 0.15) is 13.8 Å². The van der Waals surface area contributed by atoms with Gasteiger partial charge in [-0.1, -0.05) is 0 Å². The molecule has 0 amide bonds.